The van der Waals surface area contributed by atoms with Crippen LogP contribution in [0, 0.1) is 0 Å². The molecule has 0 fully saturated rings. The highest BCUT2D eigenvalue weighted by Crippen LogP contribution is 2.06. The summed E-state index contributed by atoms with van der Waals surface area (Å²) in [4.78, 5) is 22.0. The van der Waals surface area contributed by atoms with Gasteiger partial charge in [0, 0.05) is 6.92 Å². The van der Waals surface area contributed by atoms with Crippen molar-refractivity contribution in [1.82, 2.24) is 5.32 Å². The molecular formula is C12H14N2O3S. The van der Waals surface area contributed by atoms with Crippen molar-refractivity contribution in [3.8, 4) is 0 Å². The van der Waals surface area contributed by atoms with E-state index in [0.717, 1.165) is 11.1 Å². The van der Waals surface area contributed by atoms with Gasteiger partial charge in [0.2, 0.25) is 5.91 Å². The van der Waals surface area contributed by atoms with Gasteiger partial charge in [-0.15, -0.1) is 0 Å². The van der Waals surface area contributed by atoms with Crippen molar-refractivity contribution in [2.45, 2.75) is 20.0 Å². The van der Waals surface area contributed by atoms with E-state index in [2.05, 4.69) is 17.5 Å². The molecule has 0 heterocycles. The maximum absolute atomic E-state index is 11.4. The first kappa shape index (κ1) is 14.1. The van der Waals surface area contributed by atoms with Crippen molar-refractivity contribution in [2.75, 3.05) is 0 Å². The summed E-state index contributed by atoms with van der Waals surface area (Å²) in [6, 6.07) is 7.18. The molecule has 1 rings (SSSR count). The lowest BCUT2D eigenvalue weighted by Gasteiger charge is -2.05. The van der Waals surface area contributed by atoms with Crippen LogP contribution in [0.2, 0.25) is 0 Å². The van der Waals surface area contributed by atoms with E-state index in [4.69, 9.17) is 10.5 Å². The van der Waals surface area contributed by atoms with Crippen molar-refractivity contribution in [2.24, 2.45) is 5.73 Å². The highest BCUT2D eigenvalue weighted by atomic mass is 32.1. The Hall–Kier alpha value is -1.95. The number of hydrogen-bond donors (Lipinski definition) is 2. The molecule has 96 valence electrons. The lowest BCUT2D eigenvalue weighted by molar-refractivity contribution is -0.142. The van der Waals surface area contributed by atoms with Crippen LogP contribution in [0.3, 0.4) is 0 Å². The van der Waals surface area contributed by atoms with Gasteiger partial charge < -0.3 is 15.8 Å². The largest absolute Gasteiger partial charge is 0.461 e. The van der Waals surface area contributed by atoms with E-state index in [1.807, 2.05) is 0 Å². The minimum absolute atomic E-state index is 0.0357. The second kappa shape index (κ2) is 6.70. The van der Waals surface area contributed by atoms with E-state index in [0.29, 0.717) is 0 Å². The van der Waals surface area contributed by atoms with Gasteiger partial charge in [-0.1, -0.05) is 24.3 Å². The van der Waals surface area contributed by atoms with Gasteiger partial charge in [0.25, 0.3) is 0 Å². The molecule has 5 nitrogen and oxygen atoms in total. The van der Waals surface area contributed by atoms with Crippen LogP contribution in [0.5, 0.6) is 0 Å². The summed E-state index contributed by atoms with van der Waals surface area (Å²) < 4.78 is 4.85. The predicted octanol–water partition coefficient (Wildman–Crippen LogP) is 0.652. The average Bonchev–Trinajstić information content (AvgIpc) is 2.26. The number of nitrogens with two attached hydrogens (primary N) is 1. The zero-order valence-electron chi connectivity index (χ0n) is 9.93. The molecule has 0 aliphatic carbocycles. The third kappa shape index (κ3) is 5.40. The smallest absolute Gasteiger partial charge is 0.302 e. The number of carbonyl (C=O) groups is 2. The minimum Gasteiger partial charge on any atom is -0.461 e. The lowest BCUT2D eigenvalue weighted by Crippen LogP contribution is -2.35. The van der Waals surface area contributed by atoms with E-state index >= 15 is 0 Å². The number of carbonyl (C=O) groups excluding carboxylic acids is 2. The number of amides is 1. The molecule has 0 aliphatic heterocycles. The quantitative estimate of drug-likeness (QED) is 0.618. The van der Waals surface area contributed by atoms with E-state index in [9.17, 15) is 9.59 Å². The Balaban J connectivity index is 2.52. The van der Waals surface area contributed by atoms with Crippen molar-refractivity contribution in [3.05, 3.63) is 35.4 Å². The molecule has 3 N–H and O–H groups in total. The van der Waals surface area contributed by atoms with E-state index in [1.54, 1.807) is 24.3 Å². The summed E-state index contributed by atoms with van der Waals surface area (Å²) >= 11 is 4.57. The van der Waals surface area contributed by atoms with Crippen LogP contribution in [-0.2, 0) is 27.4 Å². The van der Waals surface area contributed by atoms with Gasteiger partial charge in [-0.05, 0) is 23.3 Å². The fraction of sp³-hybridized carbons (Fsp3) is 0.250. The van der Waals surface area contributed by atoms with Crippen LogP contribution in [-0.4, -0.2) is 17.0 Å². The molecule has 18 heavy (non-hydrogen) atoms. The molecule has 0 spiro atoms. The van der Waals surface area contributed by atoms with Gasteiger partial charge in [0.1, 0.15) is 6.61 Å². The molecule has 0 radical (unpaired) electrons. The van der Waals surface area contributed by atoms with E-state index in [1.165, 1.54) is 6.92 Å². The molecule has 0 saturated heterocycles. The number of benzene rings is 1. The van der Waals surface area contributed by atoms with Crippen LogP contribution in [0.15, 0.2) is 24.3 Å². The van der Waals surface area contributed by atoms with Crippen LogP contribution in [0.1, 0.15) is 18.1 Å². The van der Waals surface area contributed by atoms with Crippen molar-refractivity contribution in [1.29, 1.82) is 0 Å². The summed E-state index contributed by atoms with van der Waals surface area (Å²) in [6.45, 7) is 1.59. The molecule has 0 bridgehead atoms. The highest BCUT2D eigenvalue weighted by Gasteiger charge is 2.04. The molecular weight excluding hydrogens is 252 g/mol. The van der Waals surface area contributed by atoms with Crippen molar-refractivity contribution < 1.29 is 14.3 Å². The van der Waals surface area contributed by atoms with Crippen molar-refractivity contribution >= 4 is 29.2 Å². The maximum Gasteiger partial charge on any atom is 0.302 e. The topological polar surface area (TPSA) is 81.4 Å². The average molecular weight is 266 g/mol. The Morgan fingerprint density at radius 3 is 2.33 bits per heavy atom. The van der Waals surface area contributed by atoms with Crippen LogP contribution < -0.4 is 11.1 Å². The van der Waals surface area contributed by atoms with Gasteiger partial charge in [0.15, 0.2) is 5.11 Å². The standard InChI is InChI=1S/C12H14N2O3S/c1-8(15)17-7-10-4-2-9(3-5-10)6-11(16)14-12(13)18/h2-5H,6-7H2,1H3,(H3,13,14,16,18). The molecule has 0 saturated carbocycles. The molecule has 0 atom stereocenters. The number of thiocarbonyl (C=S) groups is 1. The molecule has 0 unspecified atom stereocenters. The monoisotopic (exact) mass is 266 g/mol. The second-order valence-electron chi connectivity index (χ2n) is 3.69. The molecule has 1 aromatic carbocycles. The number of ether oxygens (including phenoxy) is 1. The molecule has 1 amide bonds. The first-order valence-electron chi connectivity index (χ1n) is 5.28. The Morgan fingerprint density at radius 2 is 1.83 bits per heavy atom. The van der Waals surface area contributed by atoms with Gasteiger partial charge in [-0.3, -0.25) is 9.59 Å². The second-order valence-corrected chi connectivity index (χ2v) is 4.13. The van der Waals surface area contributed by atoms with Gasteiger partial charge in [-0.25, -0.2) is 0 Å². The van der Waals surface area contributed by atoms with Crippen LogP contribution >= 0.6 is 12.2 Å². The number of hydrogen-bond acceptors (Lipinski definition) is 4. The molecule has 0 aromatic heterocycles. The predicted molar refractivity (Wildman–Crippen MR) is 70.5 cm³/mol. The molecule has 6 heteroatoms. The van der Waals surface area contributed by atoms with Gasteiger partial charge in [0.05, 0.1) is 6.42 Å². The Kier molecular flexibility index (Phi) is 5.26. The summed E-state index contributed by atoms with van der Waals surface area (Å²) in [5, 5.41) is 2.31. The number of rotatable bonds is 4. The van der Waals surface area contributed by atoms with E-state index < -0.39 is 0 Å². The van der Waals surface area contributed by atoms with E-state index in [-0.39, 0.29) is 30.0 Å². The normalized spacial score (nSPS) is 9.61. The van der Waals surface area contributed by atoms with Crippen LogP contribution in [0.4, 0.5) is 0 Å². The van der Waals surface area contributed by atoms with Gasteiger partial charge in [-0.2, -0.15) is 0 Å². The zero-order valence-corrected chi connectivity index (χ0v) is 10.8. The Bertz CT molecular complexity index is 457. The third-order valence-electron chi connectivity index (χ3n) is 2.09. The summed E-state index contributed by atoms with van der Waals surface area (Å²) in [6.07, 6.45) is 0.200. The fourth-order valence-corrected chi connectivity index (χ4v) is 1.42. The summed E-state index contributed by atoms with van der Waals surface area (Å²) in [7, 11) is 0. The lowest BCUT2D eigenvalue weighted by atomic mass is 10.1. The summed E-state index contributed by atoms with van der Waals surface area (Å²) in [5.74, 6) is -0.579. The SMILES string of the molecule is CC(=O)OCc1ccc(CC(=O)NC(N)=S)cc1. The first-order valence-corrected chi connectivity index (χ1v) is 5.68. The first-order chi connectivity index (χ1) is 8.47. The number of esters is 1. The van der Waals surface area contributed by atoms with Crippen molar-refractivity contribution in [3.63, 3.8) is 0 Å². The molecule has 1 aromatic rings. The Morgan fingerprint density at radius 1 is 1.28 bits per heavy atom. The van der Waals surface area contributed by atoms with Crippen LogP contribution in [0.25, 0.3) is 0 Å². The fourth-order valence-electron chi connectivity index (χ4n) is 1.31. The third-order valence-corrected chi connectivity index (χ3v) is 2.19. The zero-order chi connectivity index (χ0) is 13.5. The maximum atomic E-state index is 11.4. The summed E-state index contributed by atoms with van der Waals surface area (Å²) in [5.41, 5.74) is 6.88. The van der Waals surface area contributed by atoms with Gasteiger partial charge >= 0.3 is 5.97 Å². The molecule has 0 aliphatic rings. The Labute approximate surface area is 110 Å². The minimum atomic E-state index is -0.324. The number of nitrogens with one attached hydrogen (secondary N) is 1. The highest BCUT2D eigenvalue weighted by molar-refractivity contribution is 7.80.